The number of para-hydroxylation sites is 2. The van der Waals surface area contributed by atoms with Crippen LogP contribution in [-0.4, -0.2) is 19.9 Å². The second-order valence-corrected chi connectivity index (χ2v) is 18.4. The predicted molar refractivity (Wildman–Crippen MR) is 277 cm³/mol. The van der Waals surface area contributed by atoms with Crippen molar-refractivity contribution in [1.82, 2.24) is 29.9 Å². The van der Waals surface area contributed by atoms with Gasteiger partial charge in [-0.3, -0.25) is 0 Å². The van der Waals surface area contributed by atoms with Crippen LogP contribution in [0, 0.1) is 24.0 Å². The van der Waals surface area contributed by atoms with E-state index in [0.717, 1.165) is 55.1 Å². The van der Waals surface area contributed by atoms with E-state index < -0.39 is 11.9 Å². The maximum absolute atomic E-state index is 12.8. The standard InChI is InChI=1S/2C20H16N.2C11H6FN2.2Pt/c2*1-20(2)17-8-4-3-7-15(17)16-11-10-14(13-18(16)20)19-9-5-6-12-21-19;2*12-10-6-5-8-7-3-1-2-4-9(7)13-11(8)14-10;;/h2*3-9,11-13H,1-2H3;2*1-6H;;/q4*-1;2*+2. The molecule has 2 aliphatic rings. The second-order valence-electron chi connectivity index (χ2n) is 18.4. The number of pyridine rings is 4. The summed E-state index contributed by atoms with van der Waals surface area (Å²) >= 11 is 0. The number of hydrogen-bond donors (Lipinski definition) is 0. The Kier molecular flexibility index (Phi) is 14.1. The summed E-state index contributed by atoms with van der Waals surface area (Å²) in [5, 5.41) is 3.86. The molecule has 0 radical (unpaired) electrons. The zero-order valence-electron chi connectivity index (χ0n) is 39.5. The first-order chi connectivity index (χ1) is 34.0. The summed E-state index contributed by atoms with van der Waals surface area (Å²) in [5.41, 5.74) is 17.6. The molecule has 6 aromatic heterocycles. The quantitative estimate of drug-likeness (QED) is 0.127. The summed E-state index contributed by atoms with van der Waals surface area (Å²) in [6.45, 7) is 9.17. The number of hydrogen-bond acceptors (Lipinski definition) is 4. The molecule has 72 heavy (non-hydrogen) atoms. The van der Waals surface area contributed by atoms with Crippen molar-refractivity contribution >= 4 is 43.9 Å². The normalized spacial score (nSPS) is 12.9. The molecule has 0 saturated heterocycles. The van der Waals surface area contributed by atoms with Gasteiger partial charge in [0.1, 0.15) is 11.9 Å². The molecule has 2 aliphatic carbocycles. The van der Waals surface area contributed by atoms with Gasteiger partial charge in [-0.05, 0) is 101 Å². The van der Waals surface area contributed by atoms with Crippen LogP contribution in [0.1, 0.15) is 49.9 Å². The summed E-state index contributed by atoms with van der Waals surface area (Å²) < 4.78 is 25.6. The fourth-order valence-corrected chi connectivity index (χ4v) is 9.89. The summed E-state index contributed by atoms with van der Waals surface area (Å²) in [4.78, 5) is 24.8. The van der Waals surface area contributed by atoms with Gasteiger partial charge >= 0.3 is 42.1 Å². The van der Waals surface area contributed by atoms with Crippen molar-refractivity contribution in [1.29, 1.82) is 0 Å². The first-order valence-electron chi connectivity index (χ1n) is 23.1. The van der Waals surface area contributed by atoms with Crippen LogP contribution >= 0.6 is 0 Å². The fraction of sp³-hybridized carbons (Fsp3) is 0.0968. The Morgan fingerprint density at radius 1 is 0.403 bits per heavy atom. The molecule has 14 rings (SSSR count). The van der Waals surface area contributed by atoms with E-state index in [1.165, 1.54) is 56.6 Å². The van der Waals surface area contributed by atoms with E-state index in [1.54, 1.807) is 12.1 Å². The molecule has 0 fully saturated rings. The molecule has 6 heterocycles. The Labute approximate surface area is 445 Å². The van der Waals surface area contributed by atoms with E-state index in [9.17, 15) is 8.78 Å². The zero-order chi connectivity index (χ0) is 48.0. The number of aromatic nitrogens is 6. The number of benzene rings is 6. The molecule has 356 valence electrons. The molecule has 0 unspecified atom stereocenters. The van der Waals surface area contributed by atoms with Crippen molar-refractivity contribution in [3.05, 3.63) is 241 Å². The maximum atomic E-state index is 12.8. The average molecular weight is 1300 g/mol. The van der Waals surface area contributed by atoms with E-state index >= 15 is 0 Å². The number of halogens is 2. The van der Waals surface area contributed by atoms with Crippen molar-refractivity contribution in [3.63, 3.8) is 0 Å². The Morgan fingerprint density at radius 2 is 0.792 bits per heavy atom. The summed E-state index contributed by atoms with van der Waals surface area (Å²) in [5.74, 6) is -0.972. The van der Waals surface area contributed by atoms with Crippen molar-refractivity contribution < 1.29 is 50.9 Å². The van der Waals surface area contributed by atoms with E-state index in [4.69, 9.17) is 0 Å². The molecule has 0 aliphatic heterocycles. The first-order valence-corrected chi connectivity index (χ1v) is 23.1. The SMILES string of the molecule is CC1(C)c2ccccc2-c2c[c-]c(-c3ccccn3)cc21.CC1(C)c2ccccc2-c2c[c-]c(-c3ccccn3)cc21.Fc1ccc2c(n1)[n-]c1ccccc12.Fc1ccc2c(n1)[n-]c1ccccc12.[Pt+2].[Pt+2]. The average Bonchev–Trinajstić information content (AvgIpc) is 4.09. The summed E-state index contributed by atoms with van der Waals surface area (Å²) in [7, 11) is 0. The molecular weight excluding hydrogens is 1260 g/mol. The van der Waals surface area contributed by atoms with Crippen molar-refractivity contribution in [2.24, 2.45) is 0 Å². The van der Waals surface area contributed by atoms with Gasteiger partial charge in [-0.1, -0.05) is 183 Å². The Morgan fingerprint density at radius 3 is 1.21 bits per heavy atom. The van der Waals surface area contributed by atoms with Gasteiger partial charge in [0.15, 0.2) is 0 Å². The molecule has 0 atom stereocenters. The molecule has 12 aromatic rings. The molecule has 0 bridgehead atoms. The van der Waals surface area contributed by atoms with Gasteiger partial charge in [-0.2, -0.15) is 0 Å². The minimum Gasteiger partial charge on any atom is -0.435 e. The van der Waals surface area contributed by atoms with Crippen LogP contribution in [0.4, 0.5) is 8.78 Å². The van der Waals surface area contributed by atoms with Crippen LogP contribution in [0.25, 0.3) is 88.6 Å². The Hall–Kier alpha value is -7.24. The molecule has 0 amide bonds. The predicted octanol–water partition coefficient (Wildman–Crippen LogP) is 14.7. The smallest absolute Gasteiger partial charge is 0.435 e. The third-order valence-corrected chi connectivity index (χ3v) is 13.4. The van der Waals surface area contributed by atoms with Gasteiger partial charge in [0.2, 0.25) is 0 Å². The third kappa shape index (κ3) is 9.26. The molecule has 6 aromatic carbocycles. The Bertz CT molecular complexity index is 3630. The van der Waals surface area contributed by atoms with Crippen LogP contribution in [0.3, 0.4) is 0 Å². The maximum Gasteiger partial charge on any atom is 2.00 e. The first kappa shape index (κ1) is 49.7. The van der Waals surface area contributed by atoms with Crippen molar-refractivity contribution in [2.75, 3.05) is 0 Å². The van der Waals surface area contributed by atoms with Crippen LogP contribution in [0.5, 0.6) is 0 Å². The summed E-state index contributed by atoms with van der Waals surface area (Å²) in [6, 6.07) is 66.4. The molecule has 6 nitrogen and oxygen atoms in total. The number of fused-ring (bicyclic) bond motifs is 12. The van der Waals surface area contributed by atoms with Crippen molar-refractivity contribution in [3.8, 4) is 44.8 Å². The molecule has 0 N–H and O–H groups in total. The molecule has 0 spiro atoms. The van der Waals surface area contributed by atoms with E-state index in [0.29, 0.717) is 11.3 Å². The minimum atomic E-state index is -0.486. The van der Waals surface area contributed by atoms with Gasteiger partial charge in [0.25, 0.3) is 0 Å². The van der Waals surface area contributed by atoms with Crippen LogP contribution in [0.2, 0.25) is 0 Å². The van der Waals surface area contributed by atoms with Gasteiger partial charge < -0.3 is 29.9 Å². The van der Waals surface area contributed by atoms with Crippen LogP contribution in [0.15, 0.2) is 194 Å². The van der Waals surface area contributed by atoms with Gasteiger partial charge in [-0.15, -0.1) is 58.7 Å². The van der Waals surface area contributed by atoms with Gasteiger partial charge in [0.05, 0.1) is 0 Å². The molecule has 0 saturated carbocycles. The monoisotopic (exact) mass is 1300 g/mol. The third-order valence-electron chi connectivity index (χ3n) is 13.4. The zero-order valence-corrected chi connectivity index (χ0v) is 44.1. The van der Waals surface area contributed by atoms with E-state index in [2.05, 4.69) is 143 Å². The molecular formula is C62H44F2N6Pt2. The van der Waals surface area contributed by atoms with E-state index in [-0.39, 0.29) is 53.0 Å². The van der Waals surface area contributed by atoms with Crippen molar-refractivity contribution in [2.45, 2.75) is 38.5 Å². The largest absolute Gasteiger partial charge is 2.00 e. The van der Waals surface area contributed by atoms with E-state index in [1.807, 2.05) is 97.3 Å². The van der Waals surface area contributed by atoms with Gasteiger partial charge in [0, 0.05) is 12.4 Å². The Balaban J connectivity index is 0.000000119. The topological polar surface area (TPSA) is 79.8 Å². The summed E-state index contributed by atoms with van der Waals surface area (Å²) in [6.07, 6.45) is 3.66. The minimum absolute atomic E-state index is 0. The van der Waals surface area contributed by atoms with Gasteiger partial charge in [-0.25, -0.2) is 8.78 Å². The molecule has 10 heteroatoms. The number of nitrogens with zero attached hydrogens (tertiary/aromatic N) is 6. The van der Waals surface area contributed by atoms with Crippen LogP contribution in [-0.2, 0) is 53.0 Å². The van der Waals surface area contributed by atoms with Crippen LogP contribution < -0.4 is 9.97 Å². The second kappa shape index (κ2) is 20.5. The number of rotatable bonds is 2. The fourth-order valence-electron chi connectivity index (χ4n) is 9.89.